The molecule has 0 aromatic carbocycles. The number of carbonyl (C=O) groups is 2. The number of piperidine rings is 1. The molecule has 1 aromatic heterocycles. The topological polar surface area (TPSA) is 87.5 Å². The molecule has 138 valence electrons. The van der Waals surface area contributed by atoms with Gasteiger partial charge in [0.25, 0.3) is 5.91 Å². The molecule has 2 fully saturated rings. The molecule has 2 N–H and O–H groups in total. The summed E-state index contributed by atoms with van der Waals surface area (Å²) in [6.07, 6.45) is 5.40. The first-order valence-corrected chi connectivity index (χ1v) is 9.11. The summed E-state index contributed by atoms with van der Waals surface area (Å²) in [5.41, 5.74) is 1.01. The fraction of sp³-hybridized carbons (Fsp3) is 0.722. The summed E-state index contributed by atoms with van der Waals surface area (Å²) in [5, 5.41) is 16.8. The summed E-state index contributed by atoms with van der Waals surface area (Å²) in [4.78, 5) is 26.3. The van der Waals surface area contributed by atoms with E-state index >= 15 is 0 Å². The SMILES string of the molecule is CNC(=O)Cn1nc(C(=O)N2CCC[C@](CO)(CC3CC3)C2)cc1C. The summed E-state index contributed by atoms with van der Waals surface area (Å²) in [5.74, 6) is 0.468. The first kappa shape index (κ1) is 17.9. The Balaban J connectivity index is 1.71. The van der Waals surface area contributed by atoms with E-state index in [-0.39, 0.29) is 30.4 Å². The maximum absolute atomic E-state index is 12.9. The van der Waals surface area contributed by atoms with Crippen molar-refractivity contribution in [3.05, 3.63) is 17.5 Å². The highest BCUT2D eigenvalue weighted by Gasteiger charge is 2.41. The first-order chi connectivity index (χ1) is 12.0. The molecule has 0 radical (unpaired) electrons. The van der Waals surface area contributed by atoms with E-state index in [1.165, 1.54) is 12.8 Å². The van der Waals surface area contributed by atoms with E-state index in [1.807, 2.05) is 11.8 Å². The van der Waals surface area contributed by atoms with E-state index in [9.17, 15) is 14.7 Å². The number of likely N-dealkylation sites (tertiary alicyclic amines) is 1. The van der Waals surface area contributed by atoms with Crippen molar-refractivity contribution in [3.63, 3.8) is 0 Å². The second kappa shape index (κ2) is 7.15. The van der Waals surface area contributed by atoms with Gasteiger partial charge in [0.15, 0.2) is 5.69 Å². The third-order valence-corrected chi connectivity index (χ3v) is 5.48. The van der Waals surface area contributed by atoms with Crippen LogP contribution in [-0.2, 0) is 11.3 Å². The molecule has 1 atom stereocenters. The number of nitrogens with one attached hydrogen (secondary N) is 1. The number of aliphatic hydroxyl groups is 1. The number of hydrogen-bond acceptors (Lipinski definition) is 4. The molecule has 2 aliphatic rings. The molecule has 2 heterocycles. The second-order valence-corrected chi connectivity index (χ2v) is 7.64. The Labute approximate surface area is 148 Å². The maximum Gasteiger partial charge on any atom is 0.274 e. The van der Waals surface area contributed by atoms with Gasteiger partial charge in [-0.05, 0) is 38.2 Å². The van der Waals surface area contributed by atoms with Gasteiger partial charge in [-0.25, -0.2) is 0 Å². The molecule has 0 spiro atoms. The van der Waals surface area contributed by atoms with Crippen LogP contribution in [0.4, 0.5) is 0 Å². The number of aromatic nitrogens is 2. The van der Waals surface area contributed by atoms with E-state index in [2.05, 4.69) is 10.4 Å². The molecule has 0 bridgehead atoms. The third-order valence-electron chi connectivity index (χ3n) is 5.48. The van der Waals surface area contributed by atoms with Crippen molar-refractivity contribution in [1.82, 2.24) is 20.0 Å². The van der Waals surface area contributed by atoms with E-state index < -0.39 is 0 Å². The molecule has 25 heavy (non-hydrogen) atoms. The Bertz CT molecular complexity index is 653. The molecular weight excluding hydrogens is 320 g/mol. The molecular formula is C18H28N4O3. The summed E-state index contributed by atoms with van der Waals surface area (Å²) < 4.78 is 1.56. The predicted molar refractivity (Wildman–Crippen MR) is 93.0 cm³/mol. The minimum atomic E-state index is -0.158. The second-order valence-electron chi connectivity index (χ2n) is 7.64. The van der Waals surface area contributed by atoms with Crippen LogP contribution in [0.5, 0.6) is 0 Å². The number of rotatable bonds is 6. The van der Waals surface area contributed by atoms with E-state index in [0.717, 1.165) is 30.9 Å². The van der Waals surface area contributed by atoms with Gasteiger partial charge in [0.05, 0.1) is 6.61 Å². The highest BCUT2D eigenvalue weighted by atomic mass is 16.3. The largest absolute Gasteiger partial charge is 0.396 e. The molecule has 7 heteroatoms. The fourth-order valence-electron chi connectivity index (χ4n) is 3.83. The molecule has 7 nitrogen and oxygen atoms in total. The van der Waals surface area contributed by atoms with Crippen LogP contribution in [0.2, 0.25) is 0 Å². The standard InChI is InChI=1S/C18H28N4O3/c1-13-8-15(20-22(13)10-16(24)19-2)17(25)21-7-3-6-18(11-21,12-23)9-14-4-5-14/h8,14,23H,3-7,9-12H2,1-2H3,(H,19,24)/t18-/m0/s1. The summed E-state index contributed by atoms with van der Waals surface area (Å²) in [6.45, 7) is 3.39. The van der Waals surface area contributed by atoms with Crippen molar-refractivity contribution in [2.24, 2.45) is 11.3 Å². The van der Waals surface area contributed by atoms with Gasteiger partial charge in [-0.2, -0.15) is 5.10 Å². The summed E-state index contributed by atoms with van der Waals surface area (Å²) in [6, 6.07) is 1.74. The number of aryl methyl sites for hydroxylation is 1. The summed E-state index contributed by atoms with van der Waals surface area (Å²) >= 11 is 0. The van der Waals surface area contributed by atoms with Gasteiger partial charge in [-0.15, -0.1) is 0 Å². The Kier molecular flexibility index (Phi) is 5.13. The number of carbonyl (C=O) groups excluding carboxylic acids is 2. The maximum atomic E-state index is 12.9. The molecule has 1 saturated heterocycles. The van der Waals surface area contributed by atoms with Crippen LogP contribution < -0.4 is 5.32 Å². The van der Waals surface area contributed by atoms with Gasteiger partial charge < -0.3 is 15.3 Å². The Morgan fingerprint density at radius 2 is 2.20 bits per heavy atom. The molecule has 0 unspecified atom stereocenters. The lowest BCUT2D eigenvalue weighted by Gasteiger charge is -2.42. The van der Waals surface area contributed by atoms with E-state index in [4.69, 9.17) is 0 Å². The van der Waals surface area contributed by atoms with E-state index in [0.29, 0.717) is 18.8 Å². The number of aliphatic hydroxyl groups excluding tert-OH is 1. The third kappa shape index (κ3) is 4.03. The first-order valence-electron chi connectivity index (χ1n) is 9.11. The fourth-order valence-corrected chi connectivity index (χ4v) is 3.83. The molecule has 1 aromatic rings. The Hall–Kier alpha value is -1.89. The lowest BCUT2D eigenvalue weighted by atomic mass is 9.76. The molecule has 1 saturated carbocycles. The van der Waals surface area contributed by atoms with Gasteiger partial charge in [0.2, 0.25) is 5.91 Å². The molecule has 2 amide bonds. The van der Waals surface area contributed by atoms with Gasteiger partial charge >= 0.3 is 0 Å². The van der Waals surface area contributed by atoms with Crippen molar-refractivity contribution in [3.8, 4) is 0 Å². The number of nitrogens with zero attached hydrogens (tertiary/aromatic N) is 3. The van der Waals surface area contributed by atoms with Crippen molar-refractivity contribution >= 4 is 11.8 Å². The number of hydrogen-bond donors (Lipinski definition) is 2. The zero-order chi connectivity index (χ0) is 18.0. The minimum Gasteiger partial charge on any atom is -0.396 e. The van der Waals surface area contributed by atoms with Crippen molar-refractivity contribution in [2.75, 3.05) is 26.7 Å². The van der Waals surface area contributed by atoms with Crippen LogP contribution in [0.15, 0.2) is 6.07 Å². The Morgan fingerprint density at radius 1 is 1.44 bits per heavy atom. The quantitative estimate of drug-likeness (QED) is 0.801. The average Bonchev–Trinajstić information content (AvgIpc) is 3.35. The zero-order valence-corrected chi connectivity index (χ0v) is 15.1. The van der Waals surface area contributed by atoms with Crippen LogP contribution in [0.25, 0.3) is 0 Å². The monoisotopic (exact) mass is 348 g/mol. The minimum absolute atomic E-state index is 0.105. The van der Waals surface area contributed by atoms with Gasteiger partial charge in [-0.3, -0.25) is 14.3 Å². The van der Waals surface area contributed by atoms with Crippen LogP contribution in [0.3, 0.4) is 0 Å². The lowest BCUT2D eigenvalue weighted by Crippen LogP contribution is -2.48. The normalized spacial score (nSPS) is 23.6. The van der Waals surface area contributed by atoms with Gasteiger partial charge in [-0.1, -0.05) is 12.8 Å². The average molecular weight is 348 g/mol. The molecule has 1 aliphatic carbocycles. The molecule has 3 rings (SSSR count). The van der Waals surface area contributed by atoms with Crippen LogP contribution in [0, 0.1) is 18.3 Å². The van der Waals surface area contributed by atoms with Gasteiger partial charge in [0.1, 0.15) is 6.54 Å². The van der Waals surface area contributed by atoms with Crippen molar-refractivity contribution < 1.29 is 14.7 Å². The Morgan fingerprint density at radius 3 is 2.84 bits per heavy atom. The predicted octanol–water partition coefficient (Wildman–Crippen LogP) is 0.952. The highest BCUT2D eigenvalue weighted by Crippen LogP contribution is 2.44. The number of likely N-dealkylation sites (N-methyl/N-ethyl adjacent to an activating group) is 1. The number of amides is 2. The lowest BCUT2D eigenvalue weighted by molar-refractivity contribution is -0.121. The van der Waals surface area contributed by atoms with Crippen molar-refractivity contribution in [1.29, 1.82) is 0 Å². The van der Waals surface area contributed by atoms with Gasteiger partial charge in [0, 0.05) is 31.2 Å². The van der Waals surface area contributed by atoms with Crippen LogP contribution in [-0.4, -0.2) is 58.3 Å². The van der Waals surface area contributed by atoms with E-state index in [1.54, 1.807) is 17.8 Å². The summed E-state index contributed by atoms with van der Waals surface area (Å²) in [7, 11) is 1.58. The smallest absolute Gasteiger partial charge is 0.274 e. The van der Waals surface area contributed by atoms with Crippen LogP contribution in [0.1, 0.15) is 48.3 Å². The van der Waals surface area contributed by atoms with Crippen LogP contribution >= 0.6 is 0 Å². The zero-order valence-electron chi connectivity index (χ0n) is 15.1. The molecule has 1 aliphatic heterocycles. The highest BCUT2D eigenvalue weighted by molar-refractivity contribution is 5.92. The van der Waals surface area contributed by atoms with Crippen molar-refractivity contribution in [2.45, 2.75) is 45.6 Å².